The second kappa shape index (κ2) is 9.10. The van der Waals surface area contributed by atoms with Crippen molar-refractivity contribution in [1.29, 1.82) is 0 Å². The van der Waals surface area contributed by atoms with Gasteiger partial charge >= 0.3 is 6.18 Å². The van der Waals surface area contributed by atoms with E-state index < -0.39 is 12.7 Å². The first kappa shape index (κ1) is 19.6. The Morgan fingerprint density at radius 1 is 1.12 bits per heavy atom. The zero-order valence-electron chi connectivity index (χ0n) is 14.3. The first-order chi connectivity index (χ1) is 12.3. The number of likely N-dealkylation sites (N-methyl/N-ethyl adjacent to an activating group) is 1. The van der Waals surface area contributed by atoms with E-state index in [9.17, 15) is 13.2 Å². The largest absolute Gasteiger partial charge is 0.457 e. The Morgan fingerprint density at radius 2 is 1.81 bits per heavy atom. The van der Waals surface area contributed by atoms with Crippen molar-refractivity contribution in [3.8, 4) is 11.5 Å². The third-order valence-corrected chi connectivity index (χ3v) is 3.30. The summed E-state index contributed by atoms with van der Waals surface area (Å²) in [5.74, 6) is 1.46. The molecule has 2 aromatic carbocycles. The predicted octanol–water partition coefficient (Wildman–Crippen LogP) is 3.70. The van der Waals surface area contributed by atoms with E-state index in [1.54, 1.807) is 24.3 Å². The van der Waals surface area contributed by atoms with Crippen LogP contribution in [-0.2, 0) is 0 Å². The Kier molecular flexibility index (Phi) is 6.85. The number of nitrogens with one attached hydrogen (secondary N) is 1. The zero-order valence-corrected chi connectivity index (χ0v) is 14.3. The number of nitrogens with zero attached hydrogens (tertiary/aromatic N) is 2. The highest BCUT2D eigenvalue weighted by atomic mass is 19.4. The fourth-order valence-corrected chi connectivity index (χ4v) is 2.18. The van der Waals surface area contributed by atoms with Crippen molar-refractivity contribution in [2.45, 2.75) is 6.18 Å². The van der Waals surface area contributed by atoms with Crippen LogP contribution in [0.2, 0.25) is 0 Å². The van der Waals surface area contributed by atoms with Gasteiger partial charge in [0.1, 0.15) is 11.5 Å². The number of ether oxygens (including phenoxy) is 1. The zero-order chi connectivity index (χ0) is 19.0. The average molecular weight is 366 g/mol. The second-order valence-electron chi connectivity index (χ2n) is 5.69. The topological polar surface area (TPSA) is 62.9 Å². The van der Waals surface area contributed by atoms with Crippen molar-refractivity contribution in [2.24, 2.45) is 10.7 Å². The summed E-state index contributed by atoms with van der Waals surface area (Å²) >= 11 is 0. The molecule has 5 nitrogen and oxygen atoms in total. The molecule has 0 fully saturated rings. The smallest absolute Gasteiger partial charge is 0.401 e. The number of nitrogens with two attached hydrogens (primary N) is 1. The molecule has 2 rings (SSSR count). The molecule has 0 spiro atoms. The van der Waals surface area contributed by atoms with Gasteiger partial charge in [0.05, 0.1) is 13.1 Å². The second-order valence-corrected chi connectivity index (χ2v) is 5.69. The van der Waals surface area contributed by atoms with Gasteiger partial charge < -0.3 is 15.8 Å². The normalized spacial score (nSPS) is 12.3. The van der Waals surface area contributed by atoms with Crippen LogP contribution >= 0.6 is 0 Å². The number of halogens is 3. The Labute approximate surface area is 150 Å². The summed E-state index contributed by atoms with van der Waals surface area (Å²) in [4.78, 5) is 5.18. The van der Waals surface area contributed by atoms with Gasteiger partial charge in [-0.3, -0.25) is 9.89 Å². The number of aliphatic imine (C=N–C) groups is 1. The molecule has 0 atom stereocenters. The minimum atomic E-state index is -4.22. The van der Waals surface area contributed by atoms with E-state index in [1.165, 1.54) is 7.05 Å². The van der Waals surface area contributed by atoms with Crippen LogP contribution in [-0.4, -0.2) is 43.7 Å². The maximum absolute atomic E-state index is 12.2. The fraction of sp³-hybridized carbons (Fsp3) is 0.278. The lowest BCUT2D eigenvalue weighted by atomic mass is 10.3. The molecular formula is C18H21F3N4O. The molecule has 0 unspecified atom stereocenters. The van der Waals surface area contributed by atoms with Gasteiger partial charge in [0.25, 0.3) is 0 Å². The minimum Gasteiger partial charge on any atom is -0.457 e. The number of para-hydroxylation sites is 1. The molecule has 0 aromatic heterocycles. The van der Waals surface area contributed by atoms with E-state index in [1.807, 2.05) is 30.3 Å². The molecule has 8 heteroatoms. The van der Waals surface area contributed by atoms with Crippen LogP contribution in [0.4, 0.5) is 18.9 Å². The summed E-state index contributed by atoms with van der Waals surface area (Å²) in [6.45, 7) is -0.667. The molecule has 0 saturated carbocycles. The summed E-state index contributed by atoms with van der Waals surface area (Å²) in [5.41, 5.74) is 6.45. The highest BCUT2D eigenvalue weighted by Crippen LogP contribution is 2.23. The maximum Gasteiger partial charge on any atom is 0.401 e. The average Bonchev–Trinajstić information content (AvgIpc) is 2.54. The summed E-state index contributed by atoms with van der Waals surface area (Å²) < 4.78 is 42.5. The minimum absolute atomic E-state index is 0.127. The Balaban J connectivity index is 1.86. The van der Waals surface area contributed by atoms with Gasteiger partial charge in [0, 0.05) is 18.3 Å². The molecule has 0 aliphatic heterocycles. The van der Waals surface area contributed by atoms with Gasteiger partial charge in [0.15, 0.2) is 5.96 Å². The molecule has 0 heterocycles. The molecule has 0 amide bonds. The van der Waals surface area contributed by atoms with Crippen molar-refractivity contribution in [3.05, 3.63) is 54.6 Å². The quantitative estimate of drug-likeness (QED) is 0.579. The number of benzene rings is 2. The first-order valence-corrected chi connectivity index (χ1v) is 7.97. The maximum atomic E-state index is 12.2. The highest BCUT2D eigenvalue weighted by Gasteiger charge is 2.28. The Hall–Kier alpha value is -2.74. The van der Waals surface area contributed by atoms with E-state index in [-0.39, 0.29) is 19.0 Å². The lowest BCUT2D eigenvalue weighted by Crippen LogP contribution is -2.33. The Morgan fingerprint density at radius 3 is 2.50 bits per heavy atom. The molecule has 0 radical (unpaired) electrons. The van der Waals surface area contributed by atoms with Gasteiger partial charge in [-0.2, -0.15) is 13.2 Å². The first-order valence-electron chi connectivity index (χ1n) is 7.97. The molecular weight excluding hydrogens is 345 g/mol. The molecule has 0 bridgehead atoms. The van der Waals surface area contributed by atoms with Crippen molar-refractivity contribution in [1.82, 2.24) is 4.90 Å². The van der Waals surface area contributed by atoms with Gasteiger partial charge in [-0.05, 0) is 31.3 Å². The van der Waals surface area contributed by atoms with Gasteiger partial charge in [-0.15, -0.1) is 0 Å². The SMILES string of the molecule is CN(CCN=C(N)Nc1cccc(Oc2ccccc2)c1)CC(F)(F)F. The molecule has 2 aromatic rings. The van der Waals surface area contributed by atoms with Crippen LogP contribution in [0.1, 0.15) is 0 Å². The summed E-state index contributed by atoms with van der Waals surface area (Å²) in [7, 11) is 1.39. The molecule has 3 N–H and O–H groups in total. The van der Waals surface area contributed by atoms with Gasteiger partial charge in [-0.1, -0.05) is 24.3 Å². The number of hydrogen-bond donors (Lipinski definition) is 2. The van der Waals surface area contributed by atoms with E-state index in [2.05, 4.69) is 10.3 Å². The standard InChI is InChI=1S/C18H21F3N4O/c1-25(13-18(19,20)21)11-10-23-17(22)24-14-6-5-9-16(12-14)26-15-7-3-2-4-8-15/h2-9,12H,10-11,13H2,1H3,(H3,22,23,24). The third kappa shape index (κ3) is 7.43. The van der Waals surface area contributed by atoms with E-state index in [4.69, 9.17) is 10.5 Å². The van der Waals surface area contributed by atoms with Crippen LogP contribution in [0, 0.1) is 0 Å². The molecule has 0 aliphatic rings. The van der Waals surface area contributed by atoms with Crippen molar-refractivity contribution in [3.63, 3.8) is 0 Å². The van der Waals surface area contributed by atoms with E-state index >= 15 is 0 Å². The summed E-state index contributed by atoms with van der Waals surface area (Å²) in [6.07, 6.45) is -4.22. The molecule has 0 aliphatic carbocycles. The third-order valence-electron chi connectivity index (χ3n) is 3.30. The van der Waals surface area contributed by atoms with E-state index in [0.717, 1.165) is 4.90 Å². The van der Waals surface area contributed by atoms with E-state index in [0.29, 0.717) is 17.2 Å². The van der Waals surface area contributed by atoms with Crippen LogP contribution in [0.3, 0.4) is 0 Å². The summed E-state index contributed by atoms with van der Waals surface area (Å²) in [6, 6.07) is 16.5. The number of guanidine groups is 1. The van der Waals surface area contributed by atoms with Crippen molar-refractivity contribution >= 4 is 11.6 Å². The summed E-state index contributed by atoms with van der Waals surface area (Å²) in [5, 5.41) is 2.90. The molecule has 140 valence electrons. The number of rotatable bonds is 7. The number of alkyl halides is 3. The molecule has 26 heavy (non-hydrogen) atoms. The van der Waals surface area contributed by atoms with Crippen LogP contribution in [0.25, 0.3) is 0 Å². The molecule has 0 saturated heterocycles. The number of hydrogen-bond acceptors (Lipinski definition) is 3. The van der Waals surface area contributed by atoms with Crippen LogP contribution in [0.15, 0.2) is 59.6 Å². The lowest BCUT2D eigenvalue weighted by molar-refractivity contribution is -0.142. The van der Waals surface area contributed by atoms with Crippen molar-refractivity contribution < 1.29 is 17.9 Å². The van der Waals surface area contributed by atoms with Crippen LogP contribution in [0.5, 0.6) is 11.5 Å². The number of anilines is 1. The lowest BCUT2D eigenvalue weighted by Gasteiger charge is -2.17. The van der Waals surface area contributed by atoms with Gasteiger partial charge in [-0.25, -0.2) is 0 Å². The predicted molar refractivity (Wildman–Crippen MR) is 96.6 cm³/mol. The Bertz CT molecular complexity index is 720. The van der Waals surface area contributed by atoms with Crippen LogP contribution < -0.4 is 15.8 Å². The fourth-order valence-electron chi connectivity index (χ4n) is 2.18. The highest BCUT2D eigenvalue weighted by molar-refractivity contribution is 5.92. The van der Waals surface area contributed by atoms with Gasteiger partial charge in [0.2, 0.25) is 0 Å². The monoisotopic (exact) mass is 366 g/mol. The van der Waals surface area contributed by atoms with Crippen molar-refractivity contribution in [2.75, 3.05) is 32.0 Å².